The van der Waals surface area contributed by atoms with E-state index >= 15 is 0 Å². The first-order valence-electron chi connectivity index (χ1n) is 8.32. The minimum atomic E-state index is -1.64. The quantitative estimate of drug-likeness (QED) is 0.858. The predicted molar refractivity (Wildman–Crippen MR) is 99.4 cm³/mol. The van der Waals surface area contributed by atoms with Gasteiger partial charge >= 0.3 is 0 Å². The van der Waals surface area contributed by atoms with Crippen molar-refractivity contribution in [2.45, 2.75) is 26.1 Å². The Bertz CT molecular complexity index is 865. The third kappa shape index (κ3) is 3.15. The maximum Gasteiger partial charge on any atom is 0.280 e. The summed E-state index contributed by atoms with van der Waals surface area (Å²) >= 11 is 0. The molecule has 1 aliphatic rings. The zero-order valence-electron chi connectivity index (χ0n) is 15.3. The van der Waals surface area contributed by atoms with Gasteiger partial charge in [-0.2, -0.15) is 0 Å². The van der Waals surface area contributed by atoms with Gasteiger partial charge in [-0.3, -0.25) is 9.59 Å². The summed E-state index contributed by atoms with van der Waals surface area (Å²) in [6.45, 7) is 3.86. The second-order valence-corrected chi connectivity index (χ2v) is 6.56. The molecule has 0 bridgehead atoms. The Morgan fingerprint density at radius 3 is 2.77 bits per heavy atom. The number of methoxy groups -OCH3 is 1. The van der Waals surface area contributed by atoms with E-state index in [1.54, 1.807) is 32.4 Å². The normalized spacial score (nSPS) is 18.9. The molecule has 6 nitrogen and oxygen atoms in total. The molecule has 26 heavy (non-hydrogen) atoms. The molecule has 0 fully saturated rings. The molecule has 1 N–H and O–H groups in total. The number of hydrogen-bond acceptors (Lipinski definition) is 4. The first-order chi connectivity index (χ1) is 12.3. The second-order valence-electron chi connectivity index (χ2n) is 6.56. The Morgan fingerprint density at radius 2 is 2.04 bits per heavy atom. The van der Waals surface area contributed by atoms with Crippen LogP contribution in [0.15, 0.2) is 42.5 Å². The summed E-state index contributed by atoms with van der Waals surface area (Å²) in [7, 11) is 3.25. The lowest BCUT2D eigenvalue weighted by Gasteiger charge is -2.38. The van der Waals surface area contributed by atoms with Crippen molar-refractivity contribution in [2.75, 3.05) is 24.4 Å². The molecule has 2 aromatic rings. The van der Waals surface area contributed by atoms with Gasteiger partial charge in [0, 0.05) is 19.8 Å². The fraction of sp³-hybridized carbons (Fsp3) is 0.300. The summed E-state index contributed by atoms with van der Waals surface area (Å²) < 4.78 is 10.9. The van der Waals surface area contributed by atoms with Crippen molar-refractivity contribution in [3.63, 3.8) is 0 Å². The summed E-state index contributed by atoms with van der Waals surface area (Å²) in [5.41, 5.74) is 1.52. The zero-order chi connectivity index (χ0) is 18.9. The number of rotatable bonds is 4. The average molecular weight is 354 g/mol. The molecule has 2 amide bonds. The highest BCUT2D eigenvalue weighted by atomic mass is 16.5. The first kappa shape index (κ1) is 17.9. The molecule has 0 saturated heterocycles. The largest absolute Gasteiger partial charge is 0.465 e. The van der Waals surface area contributed by atoms with E-state index in [1.165, 1.54) is 11.8 Å². The number of fused-ring (bicyclic) bond motifs is 1. The number of nitrogens with zero attached hydrogens (tertiary/aromatic N) is 1. The molecule has 1 aliphatic heterocycles. The molecular weight excluding hydrogens is 332 g/mol. The van der Waals surface area contributed by atoms with E-state index < -0.39 is 17.4 Å². The summed E-state index contributed by atoms with van der Waals surface area (Å²) in [4.78, 5) is 27.2. The van der Waals surface area contributed by atoms with E-state index in [-0.39, 0.29) is 0 Å². The van der Waals surface area contributed by atoms with E-state index in [2.05, 4.69) is 5.32 Å². The molecule has 3 rings (SSSR count). The Balaban J connectivity index is 1.87. The van der Waals surface area contributed by atoms with Gasteiger partial charge in [-0.25, -0.2) is 0 Å². The van der Waals surface area contributed by atoms with Crippen LogP contribution in [0.25, 0.3) is 0 Å². The standard InChI is InChI=1S/C20H22N2O4/c1-13-8-9-17-16(10-13)22(3)19(24)20(2,26-17)18(23)21-15-7-5-6-14(11-15)12-25-4/h5-11H,12H2,1-4H3,(H,21,23). The fourth-order valence-electron chi connectivity index (χ4n) is 2.97. The Kier molecular flexibility index (Phi) is 4.70. The Morgan fingerprint density at radius 1 is 1.27 bits per heavy atom. The summed E-state index contributed by atoms with van der Waals surface area (Å²) in [5.74, 6) is -0.431. The SMILES string of the molecule is COCc1cccc(NC(=O)C2(C)Oc3ccc(C)cc3N(C)C2=O)c1. The number of benzene rings is 2. The van der Waals surface area contributed by atoms with E-state index in [0.29, 0.717) is 23.7 Å². The van der Waals surface area contributed by atoms with Crippen LogP contribution in [0.2, 0.25) is 0 Å². The third-order valence-electron chi connectivity index (χ3n) is 4.43. The maximum atomic E-state index is 12.9. The van der Waals surface area contributed by atoms with Crippen molar-refractivity contribution >= 4 is 23.2 Å². The monoisotopic (exact) mass is 354 g/mol. The molecule has 1 atom stereocenters. The van der Waals surface area contributed by atoms with Crippen molar-refractivity contribution in [3.8, 4) is 5.75 Å². The fourth-order valence-corrected chi connectivity index (χ4v) is 2.97. The van der Waals surface area contributed by atoms with Crippen molar-refractivity contribution < 1.29 is 19.1 Å². The first-order valence-corrected chi connectivity index (χ1v) is 8.32. The van der Waals surface area contributed by atoms with Gasteiger partial charge in [-0.1, -0.05) is 18.2 Å². The van der Waals surface area contributed by atoms with Crippen LogP contribution in [-0.4, -0.2) is 31.6 Å². The molecule has 0 aliphatic carbocycles. The van der Waals surface area contributed by atoms with Gasteiger partial charge in [-0.15, -0.1) is 0 Å². The molecule has 0 spiro atoms. The van der Waals surface area contributed by atoms with E-state index in [1.807, 2.05) is 31.2 Å². The number of carbonyl (C=O) groups excluding carboxylic acids is 2. The molecule has 0 saturated carbocycles. The Hall–Kier alpha value is -2.86. The van der Waals surface area contributed by atoms with Gasteiger partial charge in [0.15, 0.2) is 0 Å². The average Bonchev–Trinajstić information content (AvgIpc) is 2.61. The molecule has 136 valence electrons. The van der Waals surface area contributed by atoms with E-state index in [0.717, 1.165) is 11.1 Å². The predicted octanol–water partition coefficient (Wildman–Crippen LogP) is 2.89. The number of amides is 2. The summed E-state index contributed by atoms with van der Waals surface area (Å²) in [5, 5.41) is 2.78. The van der Waals surface area contributed by atoms with Crippen LogP contribution in [0, 0.1) is 6.92 Å². The number of ether oxygens (including phenoxy) is 2. The lowest BCUT2D eigenvalue weighted by Crippen LogP contribution is -2.59. The summed E-state index contributed by atoms with van der Waals surface area (Å²) in [6.07, 6.45) is 0. The van der Waals surface area contributed by atoms with Crippen LogP contribution in [0.1, 0.15) is 18.1 Å². The van der Waals surface area contributed by atoms with Gasteiger partial charge in [0.25, 0.3) is 17.4 Å². The maximum absolute atomic E-state index is 12.9. The highest BCUT2D eigenvalue weighted by Gasteiger charge is 2.49. The number of nitrogens with one attached hydrogen (secondary N) is 1. The number of carbonyl (C=O) groups is 2. The van der Waals surface area contributed by atoms with Gasteiger partial charge < -0.3 is 19.7 Å². The molecule has 6 heteroatoms. The van der Waals surface area contributed by atoms with Crippen LogP contribution >= 0.6 is 0 Å². The smallest absolute Gasteiger partial charge is 0.280 e. The van der Waals surface area contributed by atoms with E-state index in [9.17, 15) is 9.59 Å². The minimum Gasteiger partial charge on any atom is -0.465 e. The lowest BCUT2D eigenvalue weighted by molar-refractivity contribution is -0.144. The molecular formula is C20H22N2O4. The van der Waals surface area contributed by atoms with Crippen LogP contribution in [0.4, 0.5) is 11.4 Å². The highest BCUT2D eigenvalue weighted by Crippen LogP contribution is 2.38. The van der Waals surface area contributed by atoms with E-state index in [4.69, 9.17) is 9.47 Å². The van der Waals surface area contributed by atoms with Crippen molar-refractivity contribution in [1.82, 2.24) is 0 Å². The number of likely N-dealkylation sites (N-methyl/N-ethyl adjacent to an activating group) is 1. The molecule has 0 aromatic heterocycles. The van der Waals surface area contributed by atoms with Gasteiger partial charge in [-0.05, 0) is 49.2 Å². The van der Waals surface area contributed by atoms with Gasteiger partial charge in [0.05, 0.1) is 12.3 Å². The molecule has 1 unspecified atom stereocenters. The Labute approximate surface area is 152 Å². The van der Waals surface area contributed by atoms with Crippen molar-refractivity contribution in [3.05, 3.63) is 53.6 Å². The van der Waals surface area contributed by atoms with Crippen LogP contribution < -0.4 is 15.0 Å². The molecule has 0 radical (unpaired) electrons. The van der Waals surface area contributed by atoms with Crippen molar-refractivity contribution in [1.29, 1.82) is 0 Å². The topological polar surface area (TPSA) is 67.9 Å². The molecule has 2 aromatic carbocycles. The van der Waals surface area contributed by atoms with Crippen molar-refractivity contribution in [2.24, 2.45) is 0 Å². The number of aryl methyl sites for hydroxylation is 1. The van der Waals surface area contributed by atoms with Gasteiger partial charge in [0.1, 0.15) is 5.75 Å². The second kappa shape index (κ2) is 6.80. The number of anilines is 2. The van der Waals surface area contributed by atoms with Gasteiger partial charge in [0.2, 0.25) is 0 Å². The van der Waals surface area contributed by atoms with Crippen LogP contribution in [0.3, 0.4) is 0 Å². The lowest BCUT2D eigenvalue weighted by atomic mass is 9.99. The minimum absolute atomic E-state index is 0.416. The molecule has 1 heterocycles. The van der Waals surface area contributed by atoms with Crippen LogP contribution in [0.5, 0.6) is 5.75 Å². The highest BCUT2D eigenvalue weighted by molar-refractivity contribution is 6.19. The number of hydrogen-bond donors (Lipinski definition) is 1. The van der Waals surface area contributed by atoms with Crippen LogP contribution in [-0.2, 0) is 20.9 Å². The summed E-state index contributed by atoms with van der Waals surface area (Å²) in [6, 6.07) is 12.8. The third-order valence-corrected chi connectivity index (χ3v) is 4.43. The zero-order valence-corrected chi connectivity index (χ0v) is 15.3.